The highest BCUT2D eigenvalue weighted by Crippen LogP contribution is 2.23. The Labute approximate surface area is 146 Å². The van der Waals surface area contributed by atoms with Crippen LogP contribution in [0, 0.1) is 20.8 Å². The van der Waals surface area contributed by atoms with Crippen molar-refractivity contribution < 1.29 is 4.79 Å². The molecule has 0 bridgehead atoms. The SMILES string of the molecule is CCC(CC)n1ncc(C)c1NC(=O)c1nc2nc(C)cc(C)n2n1. The van der Waals surface area contributed by atoms with Crippen molar-refractivity contribution in [2.75, 3.05) is 5.32 Å². The topological polar surface area (TPSA) is 90.0 Å². The molecule has 0 atom stereocenters. The number of anilines is 1. The summed E-state index contributed by atoms with van der Waals surface area (Å²) in [4.78, 5) is 21.2. The minimum Gasteiger partial charge on any atom is -0.304 e. The highest BCUT2D eigenvalue weighted by molar-refractivity contribution is 6.01. The number of amides is 1. The monoisotopic (exact) mass is 341 g/mol. The molecule has 0 aliphatic heterocycles. The molecule has 3 rings (SSSR count). The molecule has 0 unspecified atom stereocenters. The summed E-state index contributed by atoms with van der Waals surface area (Å²) in [6.45, 7) is 9.94. The third-order valence-electron chi connectivity index (χ3n) is 4.32. The van der Waals surface area contributed by atoms with Crippen molar-refractivity contribution >= 4 is 17.5 Å². The van der Waals surface area contributed by atoms with E-state index in [2.05, 4.69) is 39.3 Å². The lowest BCUT2D eigenvalue weighted by Crippen LogP contribution is -2.20. The number of nitrogens with one attached hydrogen (secondary N) is 1. The first-order chi connectivity index (χ1) is 11.9. The van der Waals surface area contributed by atoms with Gasteiger partial charge >= 0.3 is 0 Å². The summed E-state index contributed by atoms with van der Waals surface area (Å²) in [5.74, 6) is 0.850. The van der Waals surface area contributed by atoms with Crippen LogP contribution < -0.4 is 5.32 Å². The second-order valence-corrected chi connectivity index (χ2v) is 6.23. The largest absolute Gasteiger partial charge is 0.304 e. The van der Waals surface area contributed by atoms with Gasteiger partial charge in [-0.25, -0.2) is 14.2 Å². The van der Waals surface area contributed by atoms with E-state index in [4.69, 9.17) is 0 Å². The van der Waals surface area contributed by atoms with Crippen LogP contribution in [-0.2, 0) is 0 Å². The molecule has 0 aliphatic carbocycles. The normalized spacial score (nSPS) is 11.4. The van der Waals surface area contributed by atoms with Crippen LogP contribution >= 0.6 is 0 Å². The van der Waals surface area contributed by atoms with E-state index in [-0.39, 0.29) is 17.8 Å². The maximum Gasteiger partial charge on any atom is 0.296 e. The molecule has 1 amide bonds. The molecule has 3 aromatic rings. The van der Waals surface area contributed by atoms with Gasteiger partial charge in [-0.2, -0.15) is 10.1 Å². The van der Waals surface area contributed by atoms with Crippen LogP contribution in [0.5, 0.6) is 0 Å². The molecule has 0 saturated heterocycles. The molecule has 3 heterocycles. The number of carbonyl (C=O) groups excluding carboxylic acids is 1. The molecule has 8 heteroatoms. The maximum absolute atomic E-state index is 12.7. The minimum absolute atomic E-state index is 0.0953. The number of rotatable bonds is 5. The summed E-state index contributed by atoms with van der Waals surface area (Å²) in [6.07, 6.45) is 3.64. The average Bonchev–Trinajstić information content (AvgIpc) is 3.14. The molecule has 0 aromatic carbocycles. The van der Waals surface area contributed by atoms with E-state index in [1.54, 1.807) is 10.7 Å². The molecule has 0 fully saturated rings. The Balaban J connectivity index is 1.93. The van der Waals surface area contributed by atoms with Crippen molar-refractivity contribution in [1.29, 1.82) is 0 Å². The summed E-state index contributed by atoms with van der Waals surface area (Å²) in [5, 5.41) is 11.6. The summed E-state index contributed by atoms with van der Waals surface area (Å²) in [7, 11) is 0. The Morgan fingerprint density at radius 1 is 1.20 bits per heavy atom. The van der Waals surface area contributed by atoms with Crippen LogP contribution in [0.3, 0.4) is 0 Å². The number of fused-ring (bicyclic) bond motifs is 1. The Morgan fingerprint density at radius 3 is 2.60 bits per heavy atom. The average molecular weight is 341 g/mol. The van der Waals surface area contributed by atoms with Gasteiger partial charge < -0.3 is 5.32 Å². The van der Waals surface area contributed by atoms with Crippen molar-refractivity contribution in [1.82, 2.24) is 29.4 Å². The second kappa shape index (κ2) is 6.62. The lowest BCUT2D eigenvalue weighted by atomic mass is 10.2. The number of carbonyl (C=O) groups is 1. The summed E-state index contributed by atoms with van der Waals surface area (Å²) < 4.78 is 3.45. The van der Waals surface area contributed by atoms with Crippen molar-refractivity contribution in [3.63, 3.8) is 0 Å². The van der Waals surface area contributed by atoms with E-state index in [1.165, 1.54) is 0 Å². The molecule has 0 spiro atoms. The molecular formula is C17H23N7O. The number of aryl methyl sites for hydroxylation is 3. The zero-order valence-corrected chi connectivity index (χ0v) is 15.2. The van der Waals surface area contributed by atoms with Gasteiger partial charge in [0.05, 0.1) is 12.2 Å². The summed E-state index contributed by atoms with van der Waals surface area (Å²) in [6, 6.07) is 2.14. The molecule has 1 N–H and O–H groups in total. The van der Waals surface area contributed by atoms with Crippen LogP contribution in [-0.4, -0.2) is 35.3 Å². The Hall–Kier alpha value is -2.77. The van der Waals surface area contributed by atoms with Crippen molar-refractivity contribution in [3.05, 3.63) is 35.0 Å². The van der Waals surface area contributed by atoms with Crippen LogP contribution in [0.1, 0.15) is 60.3 Å². The third-order valence-corrected chi connectivity index (χ3v) is 4.32. The number of aromatic nitrogens is 6. The van der Waals surface area contributed by atoms with Crippen LogP contribution in [0.2, 0.25) is 0 Å². The van der Waals surface area contributed by atoms with Gasteiger partial charge in [0.1, 0.15) is 5.82 Å². The lowest BCUT2D eigenvalue weighted by Gasteiger charge is -2.17. The fraction of sp³-hybridized carbons (Fsp3) is 0.471. The van der Waals surface area contributed by atoms with Gasteiger partial charge in [0.25, 0.3) is 11.7 Å². The van der Waals surface area contributed by atoms with E-state index in [0.717, 1.165) is 29.8 Å². The smallest absolute Gasteiger partial charge is 0.296 e. The first-order valence-corrected chi connectivity index (χ1v) is 8.51. The van der Waals surface area contributed by atoms with Gasteiger partial charge in [0.15, 0.2) is 0 Å². The summed E-state index contributed by atoms with van der Waals surface area (Å²) >= 11 is 0. The number of hydrogen-bond acceptors (Lipinski definition) is 5. The fourth-order valence-corrected chi connectivity index (χ4v) is 2.94. The summed E-state index contributed by atoms with van der Waals surface area (Å²) in [5.41, 5.74) is 2.63. The Morgan fingerprint density at radius 2 is 1.92 bits per heavy atom. The molecule has 8 nitrogen and oxygen atoms in total. The van der Waals surface area contributed by atoms with E-state index in [0.29, 0.717) is 11.6 Å². The number of hydrogen-bond donors (Lipinski definition) is 1. The van der Waals surface area contributed by atoms with E-state index in [1.807, 2.05) is 31.5 Å². The van der Waals surface area contributed by atoms with Gasteiger partial charge in [-0.15, -0.1) is 5.10 Å². The first-order valence-electron chi connectivity index (χ1n) is 8.51. The van der Waals surface area contributed by atoms with Crippen molar-refractivity contribution in [3.8, 4) is 0 Å². The molecule has 3 aromatic heterocycles. The van der Waals surface area contributed by atoms with Gasteiger partial charge in [-0.05, 0) is 39.7 Å². The molecule has 132 valence electrons. The van der Waals surface area contributed by atoms with Crippen LogP contribution in [0.15, 0.2) is 12.3 Å². The molecule has 25 heavy (non-hydrogen) atoms. The predicted molar refractivity (Wildman–Crippen MR) is 94.8 cm³/mol. The van der Waals surface area contributed by atoms with E-state index < -0.39 is 0 Å². The molecule has 0 saturated carbocycles. The maximum atomic E-state index is 12.7. The zero-order chi connectivity index (χ0) is 18.1. The van der Waals surface area contributed by atoms with Crippen molar-refractivity contribution in [2.45, 2.75) is 53.5 Å². The van der Waals surface area contributed by atoms with Crippen LogP contribution in [0.25, 0.3) is 5.78 Å². The number of nitrogens with zero attached hydrogens (tertiary/aromatic N) is 6. The predicted octanol–water partition coefficient (Wildman–Crippen LogP) is 2.86. The van der Waals surface area contributed by atoms with E-state index >= 15 is 0 Å². The van der Waals surface area contributed by atoms with Gasteiger partial charge in [0, 0.05) is 17.0 Å². The molecule has 0 aliphatic rings. The Kier molecular flexibility index (Phi) is 4.52. The van der Waals surface area contributed by atoms with Crippen molar-refractivity contribution in [2.24, 2.45) is 0 Å². The molecular weight excluding hydrogens is 318 g/mol. The fourth-order valence-electron chi connectivity index (χ4n) is 2.94. The van der Waals surface area contributed by atoms with Gasteiger partial charge in [0.2, 0.25) is 5.82 Å². The lowest BCUT2D eigenvalue weighted by molar-refractivity contribution is 0.101. The first kappa shape index (κ1) is 17.1. The van der Waals surface area contributed by atoms with Gasteiger partial charge in [-0.1, -0.05) is 13.8 Å². The minimum atomic E-state index is -0.363. The molecule has 0 radical (unpaired) electrons. The third kappa shape index (κ3) is 3.11. The zero-order valence-electron chi connectivity index (χ0n) is 15.2. The highest BCUT2D eigenvalue weighted by Gasteiger charge is 2.20. The Bertz CT molecular complexity index is 921. The van der Waals surface area contributed by atoms with E-state index in [9.17, 15) is 4.79 Å². The van der Waals surface area contributed by atoms with Gasteiger partial charge in [-0.3, -0.25) is 4.79 Å². The highest BCUT2D eigenvalue weighted by atomic mass is 16.2. The van der Waals surface area contributed by atoms with Crippen LogP contribution in [0.4, 0.5) is 5.82 Å². The second-order valence-electron chi connectivity index (χ2n) is 6.23. The quantitative estimate of drug-likeness (QED) is 0.770. The standard InChI is InChI=1S/C17H23N7O/c1-6-13(7-2)24-15(10(3)9-18-24)21-16(25)14-20-17-19-11(4)8-12(5)23(17)22-14/h8-9,13H,6-7H2,1-5H3,(H,21,25).